The zero-order chi connectivity index (χ0) is 86.7. The highest BCUT2D eigenvalue weighted by Gasteiger charge is 2.35. The highest BCUT2D eigenvalue weighted by molar-refractivity contribution is 4.86. The van der Waals surface area contributed by atoms with Gasteiger partial charge in [-0.15, -0.1) is 0 Å². The Morgan fingerprint density at radius 3 is 0.192 bits per heavy atom. The average Bonchev–Trinajstić information content (AvgIpc) is 1.64. The Labute approximate surface area is 807 Å². The highest BCUT2D eigenvalue weighted by atomic mass is 14.4. The zero-order valence-electron chi connectivity index (χ0n) is 86.7. The summed E-state index contributed by atoms with van der Waals surface area (Å²) in [4.78, 5) is 0. The van der Waals surface area contributed by atoms with Gasteiger partial charge in [-0.1, -0.05) is 571 Å². The zero-order valence-corrected chi connectivity index (χ0v) is 86.7. The van der Waals surface area contributed by atoms with Gasteiger partial charge >= 0.3 is 0 Å². The molecular formula is C125H270. The summed E-state index contributed by atoms with van der Waals surface area (Å²) in [5.41, 5.74) is 5.62. The normalized spacial score (nSPS) is 21.4. The van der Waals surface area contributed by atoms with Crippen LogP contribution in [0.5, 0.6) is 0 Å². The van der Waals surface area contributed by atoms with E-state index in [2.05, 4.69) is 208 Å². The van der Waals surface area contributed by atoms with Crippen molar-refractivity contribution in [3.05, 3.63) is 0 Å². The van der Waals surface area contributed by atoms with Gasteiger partial charge in [0.25, 0.3) is 0 Å². The lowest BCUT2D eigenvalue weighted by Gasteiger charge is -2.37. The Morgan fingerprint density at radius 2 is 0.136 bits per heavy atom. The second-order valence-electron chi connectivity index (χ2n) is 52.3. The van der Waals surface area contributed by atoms with Gasteiger partial charge in [0.2, 0.25) is 0 Å². The minimum atomic E-state index is 0. The molecule has 770 valence electrons. The van der Waals surface area contributed by atoms with E-state index in [1.807, 2.05) is 0 Å². The van der Waals surface area contributed by atoms with Crippen LogP contribution in [0.1, 0.15) is 699 Å². The molecule has 0 bridgehead atoms. The summed E-state index contributed by atoms with van der Waals surface area (Å²) in [7, 11) is 0. The molecule has 0 saturated heterocycles. The maximum atomic E-state index is 2.43. The summed E-state index contributed by atoms with van der Waals surface area (Å²) in [5.74, 6) is 9.95. The standard InChI is InChI=1S/C16H32.C15H30.C14H28.C13H26.C12H24.C11H22.C10H20.C9H18.C8H16.C7H14.10CH4/c1-16(2,3)15-13-11-9-7-5-4-6-8-10-12-14-15;1-15(2,3)14-12-10-8-6-4-5-7-9-11-13-14;1-14(2,3)13-11-9-7-5-4-6-8-10-12-13;1-13(2,3)12-10-8-6-4-5-7-9-11-12;1-12(2,3)11-9-7-5-4-6-8-10-11;1-11(2,3)10-8-6-4-5-7-9-10;1-10(2,3)9-7-5-4-6-8-9;1-9(2,3)8-6-4-5-7-8;1-8(2,3)7-5-4-6-7;1-7(2,3)6-4-5-6;;;;;;;;;;/h15H,4-14H2,1-3H3;14H,4-13H2,1-3H3;13H,4-12H2,1-3H3;12H,4-11H2,1-3H3;11H,4-10H2,1-3H3;10H,4-9H2,1-3H3;9H,4-8H2,1-3H3;8H,4-7H2,1-3H3;7H,4-6H2,1-3H3;6H,4-5H2,1-3H3;10*1H4. The van der Waals surface area contributed by atoms with E-state index >= 15 is 0 Å². The molecule has 0 aromatic rings. The molecule has 0 aromatic heterocycles. The van der Waals surface area contributed by atoms with Crippen LogP contribution < -0.4 is 0 Å². The fourth-order valence-electron chi connectivity index (χ4n) is 21.5. The highest BCUT2D eigenvalue weighted by Crippen LogP contribution is 2.47. The van der Waals surface area contributed by atoms with Crippen LogP contribution in [0.25, 0.3) is 0 Å². The molecule has 0 aliphatic heterocycles. The molecule has 0 atom stereocenters. The molecule has 0 aromatic carbocycles. The molecule has 10 saturated carbocycles. The fraction of sp³-hybridized carbons (Fsp3) is 1.00. The van der Waals surface area contributed by atoms with Gasteiger partial charge in [-0.2, -0.15) is 0 Å². The van der Waals surface area contributed by atoms with Crippen molar-refractivity contribution in [3.63, 3.8) is 0 Å². The first-order chi connectivity index (χ1) is 53.6. The van der Waals surface area contributed by atoms with Gasteiger partial charge in [0.05, 0.1) is 0 Å². The topological polar surface area (TPSA) is 0 Å². The van der Waals surface area contributed by atoms with E-state index in [0.29, 0.717) is 54.1 Å². The summed E-state index contributed by atoms with van der Waals surface area (Å²) in [6.07, 6.45) is 96.1. The third kappa shape index (κ3) is 78.8. The summed E-state index contributed by atoms with van der Waals surface area (Å²) in [5, 5.41) is 0. The lowest BCUT2D eigenvalue weighted by molar-refractivity contribution is 0.141. The van der Waals surface area contributed by atoms with E-state index in [-0.39, 0.29) is 74.3 Å². The smallest absolute Gasteiger partial charge is 0.0354 e. The van der Waals surface area contributed by atoms with E-state index in [0.717, 1.165) is 59.2 Å². The third-order valence-corrected chi connectivity index (χ3v) is 31.8. The molecule has 0 spiro atoms. The predicted octanol–water partition coefficient (Wildman–Crippen LogP) is 48.3. The molecule has 125 heavy (non-hydrogen) atoms. The van der Waals surface area contributed by atoms with Crippen molar-refractivity contribution in [3.8, 4) is 0 Å². The first-order valence-electron chi connectivity index (χ1n) is 53.6. The molecule has 10 aliphatic carbocycles. The predicted molar refractivity (Wildman–Crippen MR) is 597 cm³/mol. The minimum absolute atomic E-state index is 0. The average molecular weight is 1770 g/mol. The summed E-state index contributed by atoms with van der Waals surface area (Å²) in [6, 6.07) is 0. The largest absolute Gasteiger partial charge is 0.0776 e. The number of hydrogen-bond acceptors (Lipinski definition) is 0. The molecule has 0 unspecified atom stereocenters. The van der Waals surface area contributed by atoms with Crippen molar-refractivity contribution in [1.29, 1.82) is 0 Å². The van der Waals surface area contributed by atoms with Crippen molar-refractivity contribution >= 4 is 0 Å². The lowest BCUT2D eigenvalue weighted by atomic mass is 9.69. The molecule has 0 heteroatoms. The molecule has 0 nitrogen and oxygen atoms in total. The van der Waals surface area contributed by atoms with E-state index in [4.69, 9.17) is 0 Å². The number of hydrogen-bond donors (Lipinski definition) is 0. The summed E-state index contributed by atoms with van der Waals surface area (Å²) < 4.78 is 0. The molecule has 0 N–H and O–H groups in total. The van der Waals surface area contributed by atoms with Crippen LogP contribution in [0.2, 0.25) is 0 Å². The third-order valence-electron chi connectivity index (χ3n) is 31.8. The second kappa shape index (κ2) is 78.1. The van der Waals surface area contributed by atoms with Crippen molar-refractivity contribution < 1.29 is 0 Å². The maximum absolute atomic E-state index is 2.43. The monoisotopic (exact) mass is 1770 g/mol. The fourth-order valence-corrected chi connectivity index (χ4v) is 21.5. The van der Waals surface area contributed by atoms with Gasteiger partial charge in [0.1, 0.15) is 0 Å². The first kappa shape index (κ1) is 145. The van der Waals surface area contributed by atoms with Crippen LogP contribution in [0, 0.1) is 113 Å². The Kier molecular flexibility index (Phi) is 90.8. The Bertz CT molecular complexity index is 2080. The SMILES string of the molecule is C.C.C.C.C.C.C.C.C.C.CC(C)(C)C1CC1.CC(C)(C)C1CCC1.CC(C)(C)C1CCCC1.CC(C)(C)C1CCCCC1.CC(C)(C)C1CCCCCC1.CC(C)(C)C1CCCCCCC1.CC(C)(C)C1CCCCCCCC1.CC(C)(C)C1CCCCCCCCC1.CC(C)(C)C1CCCCCCCCCC1.CC(C)(C)C1CCCCCCCCCCC1. The van der Waals surface area contributed by atoms with Crippen molar-refractivity contribution in [2.75, 3.05) is 0 Å². The molecule has 0 heterocycles. The van der Waals surface area contributed by atoms with Crippen LogP contribution in [-0.4, -0.2) is 0 Å². The molecule has 0 radical (unpaired) electrons. The molecular weight excluding hydrogens is 1500 g/mol. The van der Waals surface area contributed by atoms with E-state index in [9.17, 15) is 0 Å². The van der Waals surface area contributed by atoms with Crippen molar-refractivity contribution in [2.45, 2.75) is 699 Å². The van der Waals surface area contributed by atoms with Gasteiger partial charge in [-0.25, -0.2) is 0 Å². The van der Waals surface area contributed by atoms with Crippen molar-refractivity contribution in [2.24, 2.45) is 113 Å². The lowest BCUT2D eigenvalue weighted by Crippen LogP contribution is -2.26. The molecule has 10 aliphatic rings. The van der Waals surface area contributed by atoms with Crippen LogP contribution in [0.3, 0.4) is 0 Å². The second-order valence-corrected chi connectivity index (χ2v) is 52.3. The minimum Gasteiger partial charge on any atom is -0.0776 e. The Morgan fingerprint density at radius 1 is 0.0800 bits per heavy atom. The van der Waals surface area contributed by atoms with E-state index in [1.165, 1.54) is 417 Å². The summed E-state index contributed by atoms with van der Waals surface area (Å²) in [6.45, 7) is 71.7. The van der Waals surface area contributed by atoms with Crippen LogP contribution in [-0.2, 0) is 0 Å². The quantitative estimate of drug-likeness (QED) is 0.212. The Hall–Kier alpha value is 0. The number of rotatable bonds is 0. The van der Waals surface area contributed by atoms with Crippen LogP contribution >= 0.6 is 0 Å². The van der Waals surface area contributed by atoms with E-state index < -0.39 is 0 Å². The van der Waals surface area contributed by atoms with Gasteiger partial charge < -0.3 is 0 Å². The van der Waals surface area contributed by atoms with Gasteiger partial charge in [-0.3, -0.25) is 0 Å². The van der Waals surface area contributed by atoms with E-state index in [1.54, 1.807) is 0 Å². The van der Waals surface area contributed by atoms with Crippen LogP contribution in [0.4, 0.5) is 0 Å². The van der Waals surface area contributed by atoms with Gasteiger partial charge in [-0.05, 0) is 242 Å². The van der Waals surface area contributed by atoms with Gasteiger partial charge in [0.15, 0.2) is 0 Å². The molecule has 0 amide bonds. The molecule has 10 fully saturated rings. The summed E-state index contributed by atoms with van der Waals surface area (Å²) >= 11 is 0. The van der Waals surface area contributed by atoms with Gasteiger partial charge in [0, 0.05) is 0 Å². The Balaban J connectivity index is -0.000000147. The van der Waals surface area contributed by atoms with Crippen molar-refractivity contribution in [1.82, 2.24) is 0 Å². The first-order valence-corrected chi connectivity index (χ1v) is 53.6. The van der Waals surface area contributed by atoms with Crippen LogP contribution in [0.15, 0.2) is 0 Å². The maximum Gasteiger partial charge on any atom is -0.0354 e. The molecule has 10 rings (SSSR count).